The van der Waals surface area contributed by atoms with Crippen LogP contribution in [0, 0.1) is 5.41 Å². The molecular formula is C13H19NO2S2. The normalized spacial score (nSPS) is 27.5. The molecule has 0 radical (unpaired) electrons. The number of hydrogen-bond acceptors (Lipinski definition) is 3. The molecule has 100 valence electrons. The Balaban J connectivity index is 1.91. The molecule has 1 atom stereocenters. The molecule has 0 amide bonds. The molecule has 2 aliphatic rings. The van der Waals surface area contributed by atoms with Crippen molar-refractivity contribution < 1.29 is 8.42 Å². The van der Waals surface area contributed by atoms with Crippen molar-refractivity contribution in [2.45, 2.75) is 49.3 Å². The molecule has 1 saturated carbocycles. The summed E-state index contributed by atoms with van der Waals surface area (Å²) >= 11 is 1.33. The summed E-state index contributed by atoms with van der Waals surface area (Å²) in [6.07, 6.45) is 5.67. The second kappa shape index (κ2) is 4.32. The van der Waals surface area contributed by atoms with E-state index in [4.69, 9.17) is 0 Å². The van der Waals surface area contributed by atoms with E-state index in [1.54, 1.807) is 10.4 Å². The average molecular weight is 285 g/mol. The molecule has 1 aliphatic heterocycles. The van der Waals surface area contributed by atoms with E-state index in [0.29, 0.717) is 9.62 Å². The van der Waals surface area contributed by atoms with Gasteiger partial charge >= 0.3 is 0 Å². The van der Waals surface area contributed by atoms with Gasteiger partial charge in [-0.3, -0.25) is 0 Å². The summed E-state index contributed by atoms with van der Waals surface area (Å²) in [5.74, 6) is 0. The molecule has 1 aromatic heterocycles. The zero-order valence-corrected chi connectivity index (χ0v) is 12.3. The Kier molecular flexibility index (Phi) is 3.03. The van der Waals surface area contributed by atoms with Crippen molar-refractivity contribution >= 4 is 21.4 Å². The van der Waals surface area contributed by atoms with E-state index >= 15 is 0 Å². The summed E-state index contributed by atoms with van der Waals surface area (Å²) in [6.45, 7) is 2.84. The van der Waals surface area contributed by atoms with Crippen molar-refractivity contribution in [3.63, 3.8) is 0 Å². The number of hydrogen-bond donors (Lipinski definition) is 0. The van der Waals surface area contributed by atoms with Gasteiger partial charge in [-0.25, -0.2) is 8.42 Å². The van der Waals surface area contributed by atoms with E-state index in [0.717, 1.165) is 19.4 Å². The van der Waals surface area contributed by atoms with E-state index < -0.39 is 10.0 Å². The molecule has 5 heteroatoms. The number of nitrogens with zero attached hydrogens (tertiary/aromatic N) is 1. The van der Waals surface area contributed by atoms with Gasteiger partial charge in [-0.2, -0.15) is 4.31 Å². The van der Waals surface area contributed by atoms with Gasteiger partial charge in [0, 0.05) is 12.6 Å². The lowest BCUT2D eigenvalue weighted by Gasteiger charge is -2.38. The van der Waals surface area contributed by atoms with Crippen molar-refractivity contribution in [1.29, 1.82) is 0 Å². The van der Waals surface area contributed by atoms with Crippen molar-refractivity contribution in [2.24, 2.45) is 5.41 Å². The van der Waals surface area contributed by atoms with Crippen LogP contribution in [0.5, 0.6) is 0 Å². The predicted octanol–water partition coefficient (Wildman–Crippen LogP) is 3.09. The van der Waals surface area contributed by atoms with Crippen LogP contribution in [0.1, 0.15) is 39.0 Å². The van der Waals surface area contributed by atoms with E-state index in [2.05, 4.69) is 6.92 Å². The minimum absolute atomic E-state index is 0.206. The molecule has 18 heavy (non-hydrogen) atoms. The lowest BCUT2D eigenvalue weighted by Crippen LogP contribution is -2.37. The number of sulfonamides is 1. The van der Waals surface area contributed by atoms with Gasteiger partial charge in [0.15, 0.2) is 0 Å². The molecule has 3 nitrogen and oxygen atoms in total. The zero-order valence-electron chi connectivity index (χ0n) is 10.6. The summed E-state index contributed by atoms with van der Waals surface area (Å²) in [5.41, 5.74) is 0.311. The molecule has 1 aliphatic carbocycles. The van der Waals surface area contributed by atoms with Gasteiger partial charge in [0.25, 0.3) is 10.0 Å². The van der Waals surface area contributed by atoms with Crippen LogP contribution < -0.4 is 0 Å². The highest BCUT2D eigenvalue weighted by Crippen LogP contribution is 2.52. The Labute approximate surface area is 113 Å². The molecule has 1 unspecified atom stereocenters. The van der Waals surface area contributed by atoms with Crippen LogP contribution in [0.3, 0.4) is 0 Å². The topological polar surface area (TPSA) is 37.4 Å². The standard InChI is InChI=1S/C13H19NO2S2/c1-2-11-9-13(6-4-7-13)10-14(11)18(15,16)12-5-3-8-17-12/h3,5,8,11H,2,4,6-7,9-10H2,1H3. The average Bonchev–Trinajstić information content (AvgIpc) is 2.95. The molecule has 0 bridgehead atoms. The van der Waals surface area contributed by atoms with Gasteiger partial charge in [-0.05, 0) is 42.5 Å². The molecule has 1 spiro atoms. The van der Waals surface area contributed by atoms with E-state index in [-0.39, 0.29) is 6.04 Å². The van der Waals surface area contributed by atoms with Crippen LogP contribution in [0.25, 0.3) is 0 Å². The first-order valence-corrected chi connectivity index (χ1v) is 8.95. The minimum atomic E-state index is -3.25. The smallest absolute Gasteiger partial charge is 0.206 e. The summed E-state index contributed by atoms with van der Waals surface area (Å²) in [7, 11) is -3.25. The number of rotatable bonds is 3. The van der Waals surface area contributed by atoms with Gasteiger partial charge in [0.2, 0.25) is 0 Å². The van der Waals surface area contributed by atoms with Crippen LogP contribution in [0.2, 0.25) is 0 Å². The summed E-state index contributed by atoms with van der Waals surface area (Å²) in [4.78, 5) is 0. The molecule has 3 rings (SSSR count). The molecule has 1 saturated heterocycles. The first kappa shape index (κ1) is 12.6. The van der Waals surface area contributed by atoms with Crippen LogP contribution in [-0.4, -0.2) is 25.3 Å². The van der Waals surface area contributed by atoms with Gasteiger partial charge in [-0.1, -0.05) is 19.4 Å². The molecule has 0 aromatic carbocycles. The SMILES string of the molecule is CCC1CC2(CCC2)CN1S(=O)(=O)c1cccs1. The largest absolute Gasteiger partial charge is 0.252 e. The van der Waals surface area contributed by atoms with Crippen molar-refractivity contribution in [3.05, 3.63) is 17.5 Å². The Morgan fingerprint density at radius 3 is 2.78 bits per heavy atom. The van der Waals surface area contributed by atoms with Crippen LogP contribution in [0.15, 0.2) is 21.7 Å². The van der Waals surface area contributed by atoms with Gasteiger partial charge in [0.05, 0.1) is 0 Å². The fourth-order valence-electron chi connectivity index (χ4n) is 3.32. The third-order valence-corrected chi connectivity index (χ3v) is 7.78. The van der Waals surface area contributed by atoms with Crippen molar-refractivity contribution in [1.82, 2.24) is 4.31 Å². The second-order valence-corrected chi connectivity index (χ2v) is 8.67. The maximum atomic E-state index is 12.6. The minimum Gasteiger partial charge on any atom is -0.206 e. The Morgan fingerprint density at radius 2 is 2.28 bits per heavy atom. The van der Waals surface area contributed by atoms with Crippen molar-refractivity contribution in [2.75, 3.05) is 6.54 Å². The molecule has 1 aromatic rings. The van der Waals surface area contributed by atoms with E-state index in [9.17, 15) is 8.42 Å². The lowest BCUT2D eigenvalue weighted by atomic mass is 9.67. The van der Waals surface area contributed by atoms with Crippen molar-refractivity contribution in [3.8, 4) is 0 Å². The fourth-order valence-corrected chi connectivity index (χ4v) is 6.25. The second-order valence-electron chi connectivity index (χ2n) is 5.60. The Morgan fingerprint density at radius 1 is 1.50 bits per heavy atom. The van der Waals surface area contributed by atoms with Gasteiger partial charge in [0.1, 0.15) is 4.21 Å². The third-order valence-electron chi connectivity index (χ3n) is 4.51. The first-order valence-electron chi connectivity index (χ1n) is 6.63. The molecular weight excluding hydrogens is 266 g/mol. The quantitative estimate of drug-likeness (QED) is 0.856. The van der Waals surface area contributed by atoms with Crippen LogP contribution in [-0.2, 0) is 10.0 Å². The monoisotopic (exact) mass is 285 g/mol. The molecule has 2 heterocycles. The summed E-state index contributed by atoms with van der Waals surface area (Å²) < 4.78 is 27.5. The van der Waals surface area contributed by atoms with E-state index in [1.165, 1.54) is 30.6 Å². The third kappa shape index (κ3) is 1.84. The number of thiophene rings is 1. The fraction of sp³-hybridized carbons (Fsp3) is 0.692. The highest BCUT2D eigenvalue weighted by molar-refractivity contribution is 7.91. The zero-order chi connectivity index (χ0) is 12.8. The van der Waals surface area contributed by atoms with Crippen LogP contribution >= 0.6 is 11.3 Å². The summed E-state index contributed by atoms with van der Waals surface area (Å²) in [5, 5.41) is 1.84. The maximum Gasteiger partial charge on any atom is 0.252 e. The summed E-state index contributed by atoms with van der Waals surface area (Å²) in [6, 6.07) is 3.74. The molecule has 2 fully saturated rings. The highest BCUT2D eigenvalue weighted by atomic mass is 32.2. The van der Waals surface area contributed by atoms with Crippen LogP contribution in [0.4, 0.5) is 0 Å². The Hall–Kier alpha value is -0.390. The van der Waals surface area contributed by atoms with Gasteiger partial charge < -0.3 is 0 Å². The lowest BCUT2D eigenvalue weighted by molar-refractivity contribution is 0.152. The first-order chi connectivity index (χ1) is 8.57. The predicted molar refractivity (Wildman–Crippen MR) is 73.2 cm³/mol. The highest BCUT2D eigenvalue weighted by Gasteiger charge is 2.50. The van der Waals surface area contributed by atoms with E-state index in [1.807, 2.05) is 11.4 Å². The molecule has 0 N–H and O–H groups in total. The van der Waals surface area contributed by atoms with Gasteiger partial charge in [-0.15, -0.1) is 11.3 Å². The maximum absolute atomic E-state index is 12.6. The Bertz CT molecular complexity index is 517.